The summed E-state index contributed by atoms with van der Waals surface area (Å²) in [4.78, 5) is 28.0. The summed E-state index contributed by atoms with van der Waals surface area (Å²) in [5, 5.41) is 13.7. The number of rotatable bonds is 4. The Hall–Kier alpha value is -3.04. The SMILES string of the molecule is Cc1c(N2CCN(C(=O)Cn3nc(C(=O)O)c4c3CC3C[C@@H]43)CC2)cccc1C(F)(F)F. The van der Waals surface area contributed by atoms with Crippen molar-refractivity contribution in [1.82, 2.24) is 14.7 Å². The molecule has 1 aromatic carbocycles. The Bertz CT molecular complexity index is 1100. The number of carbonyl (C=O) groups is 2. The summed E-state index contributed by atoms with van der Waals surface area (Å²) in [6.45, 7) is 3.07. The van der Waals surface area contributed by atoms with Gasteiger partial charge in [0.15, 0.2) is 5.69 Å². The van der Waals surface area contributed by atoms with Crippen LogP contribution in [0.1, 0.15) is 45.2 Å². The number of carbonyl (C=O) groups excluding carboxylic acids is 1. The average molecular weight is 448 g/mol. The minimum atomic E-state index is -4.41. The number of halogens is 3. The second kappa shape index (κ2) is 7.25. The van der Waals surface area contributed by atoms with Gasteiger partial charge in [0, 0.05) is 43.1 Å². The molecule has 7 nitrogen and oxygen atoms in total. The molecule has 2 atom stereocenters. The Kier molecular flexibility index (Phi) is 4.72. The van der Waals surface area contributed by atoms with E-state index in [1.807, 2.05) is 4.90 Å². The fourth-order valence-corrected chi connectivity index (χ4v) is 5.18. The van der Waals surface area contributed by atoms with E-state index in [0.29, 0.717) is 37.8 Å². The number of piperazine rings is 1. The first-order chi connectivity index (χ1) is 15.1. The van der Waals surface area contributed by atoms with Crippen molar-refractivity contribution in [3.8, 4) is 0 Å². The van der Waals surface area contributed by atoms with Gasteiger partial charge in [0.25, 0.3) is 0 Å². The first kappa shape index (κ1) is 20.8. The van der Waals surface area contributed by atoms with Gasteiger partial charge in [0.05, 0.1) is 5.56 Å². The van der Waals surface area contributed by atoms with Crippen molar-refractivity contribution in [3.05, 3.63) is 46.3 Å². The van der Waals surface area contributed by atoms with Crippen LogP contribution in [0.25, 0.3) is 0 Å². The van der Waals surface area contributed by atoms with Crippen molar-refractivity contribution in [2.75, 3.05) is 31.1 Å². The van der Waals surface area contributed by atoms with Crippen LogP contribution in [0.4, 0.5) is 18.9 Å². The molecule has 3 aliphatic rings. The lowest BCUT2D eigenvalue weighted by atomic mass is 10.0. The zero-order valence-electron chi connectivity index (χ0n) is 17.5. The Labute approximate surface area is 182 Å². The van der Waals surface area contributed by atoms with Crippen LogP contribution >= 0.6 is 0 Å². The standard InChI is InChI=1S/C22H23F3N4O3/c1-12-15(22(23,24)25)3-2-4-16(12)27-5-7-28(8-6-27)18(30)11-29-17-10-13-9-14(13)19(17)20(26-29)21(31)32/h2-4,13-14H,5-11H2,1H3,(H,31,32)/t13?,14-/m1/s1. The van der Waals surface area contributed by atoms with E-state index in [1.165, 1.54) is 17.7 Å². The summed E-state index contributed by atoms with van der Waals surface area (Å²) < 4.78 is 41.2. The predicted octanol–water partition coefficient (Wildman–Crippen LogP) is 2.92. The maximum atomic E-state index is 13.2. The van der Waals surface area contributed by atoms with Gasteiger partial charge in [-0.2, -0.15) is 18.3 Å². The third kappa shape index (κ3) is 3.41. The van der Waals surface area contributed by atoms with Gasteiger partial charge in [0.2, 0.25) is 5.91 Å². The summed E-state index contributed by atoms with van der Waals surface area (Å²) >= 11 is 0. The number of hydrogen-bond donors (Lipinski definition) is 1. The van der Waals surface area contributed by atoms with Crippen molar-refractivity contribution in [2.45, 2.75) is 38.4 Å². The number of nitrogens with zero attached hydrogens (tertiary/aromatic N) is 4. The monoisotopic (exact) mass is 448 g/mol. The molecule has 2 aliphatic carbocycles. The molecule has 0 radical (unpaired) electrons. The number of hydrogen-bond acceptors (Lipinski definition) is 4. The van der Waals surface area contributed by atoms with Crippen LogP contribution in [-0.2, 0) is 23.9 Å². The maximum Gasteiger partial charge on any atom is 0.416 e. The third-order valence-electron chi connectivity index (χ3n) is 6.92. The molecule has 1 amide bonds. The number of aromatic nitrogens is 2. The first-order valence-corrected chi connectivity index (χ1v) is 10.7. The van der Waals surface area contributed by atoms with Gasteiger partial charge in [-0.1, -0.05) is 6.07 Å². The van der Waals surface area contributed by atoms with Crippen LogP contribution in [0, 0.1) is 12.8 Å². The molecule has 2 aromatic rings. The van der Waals surface area contributed by atoms with Gasteiger partial charge in [-0.05, 0) is 49.3 Å². The minimum absolute atomic E-state index is 0.0162. The number of carboxylic acid groups (broad SMARTS) is 1. The first-order valence-electron chi connectivity index (χ1n) is 10.7. The Balaban J connectivity index is 1.26. The van der Waals surface area contributed by atoms with Crippen molar-refractivity contribution in [1.29, 1.82) is 0 Å². The highest BCUT2D eigenvalue weighted by molar-refractivity contribution is 5.88. The summed E-state index contributed by atoms with van der Waals surface area (Å²) in [6, 6.07) is 4.16. The number of alkyl halides is 3. The lowest BCUT2D eigenvalue weighted by Gasteiger charge is -2.37. The van der Waals surface area contributed by atoms with Gasteiger partial charge in [-0.3, -0.25) is 9.48 Å². The Morgan fingerprint density at radius 1 is 1.19 bits per heavy atom. The molecule has 1 saturated carbocycles. The molecule has 32 heavy (non-hydrogen) atoms. The second-order valence-electron chi connectivity index (χ2n) is 8.79. The predicted molar refractivity (Wildman–Crippen MR) is 109 cm³/mol. The Morgan fingerprint density at radius 3 is 2.56 bits per heavy atom. The average Bonchev–Trinajstić information content (AvgIpc) is 3.26. The van der Waals surface area contributed by atoms with Gasteiger partial charge < -0.3 is 14.9 Å². The summed E-state index contributed by atoms with van der Waals surface area (Å²) in [5.74, 6) is -0.487. The molecular formula is C22H23F3N4O3. The van der Waals surface area contributed by atoms with Gasteiger partial charge in [-0.25, -0.2) is 4.79 Å². The topological polar surface area (TPSA) is 78.7 Å². The number of aromatic carboxylic acids is 1. The zero-order valence-corrected chi connectivity index (χ0v) is 17.5. The highest BCUT2D eigenvalue weighted by Crippen LogP contribution is 2.57. The molecule has 1 unspecified atom stereocenters. The van der Waals surface area contributed by atoms with Crippen LogP contribution in [0.3, 0.4) is 0 Å². The molecular weight excluding hydrogens is 425 g/mol. The van der Waals surface area contributed by atoms with Crippen molar-refractivity contribution in [2.24, 2.45) is 5.92 Å². The largest absolute Gasteiger partial charge is 0.476 e. The van der Waals surface area contributed by atoms with Gasteiger partial charge in [0.1, 0.15) is 6.54 Å². The number of carboxylic acids is 1. The fraction of sp³-hybridized carbons (Fsp3) is 0.500. The second-order valence-corrected chi connectivity index (χ2v) is 8.79. The van der Waals surface area contributed by atoms with E-state index in [9.17, 15) is 27.9 Å². The van der Waals surface area contributed by atoms with E-state index < -0.39 is 17.7 Å². The summed E-state index contributed by atoms with van der Waals surface area (Å²) in [6.07, 6.45) is -2.66. The normalized spacial score (nSPS) is 22.0. The summed E-state index contributed by atoms with van der Waals surface area (Å²) in [5.41, 5.74) is 1.78. The molecule has 1 aliphatic heterocycles. The highest BCUT2D eigenvalue weighted by atomic mass is 19.4. The molecule has 0 bridgehead atoms. The number of benzene rings is 1. The Morgan fingerprint density at radius 2 is 1.91 bits per heavy atom. The third-order valence-corrected chi connectivity index (χ3v) is 6.92. The molecule has 0 spiro atoms. The smallest absolute Gasteiger partial charge is 0.416 e. The van der Waals surface area contributed by atoms with Crippen LogP contribution in [0.15, 0.2) is 18.2 Å². The highest BCUT2D eigenvalue weighted by Gasteiger charge is 2.50. The molecule has 1 aromatic heterocycles. The van der Waals surface area contributed by atoms with Gasteiger partial charge in [-0.15, -0.1) is 0 Å². The summed E-state index contributed by atoms with van der Waals surface area (Å²) in [7, 11) is 0. The van der Waals surface area contributed by atoms with E-state index in [0.717, 1.165) is 30.2 Å². The van der Waals surface area contributed by atoms with E-state index in [2.05, 4.69) is 5.10 Å². The van der Waals surface area contributed by atoms with E-state index in [4.69, 9.17) is 0 Å². The fourth-order valence-electron chi connectivity index (χ4n) is 5.18. The molecule has 170 valence electrons. The number of fused-ring (bicyclic) bond motifs is 3. The number of anilines is 1. The molecule has 2 fully saturated rings. The van der Waals surface area contributed by atoms with Crippen LogP contribution < -0.4 is 4.90 Å². The molecule has 10 heteroatoms. The lowest BCUT2D eigenvalue weighted by Crippen LogP contribution is -2.50. The van der Waals surface area contributed by atoms with Crippen molar-refractivity contribution in [3.63, 3.8) is 0 Å². The quantitative estimate of drug-likeness (QED) is 0.778. The van der Waals surface area contributed by atoms with Crippen molar-refractivity contribution >= 4 is 17.6 Å². The molecule has 1 N–H and O–H groups in total. The van der Waals surface area contributed by atoms with Crippen LogP contribution in [0.2, 0.25) is 0 Å². The van der Waals surface area contributed by atoms with Crippen LogP contribution in [-0.4, -0.2) is 57.8 Å². The van der Waals surface area contributed by atoms with Gasteiger partial charge >= 0.3 is 12.1 Å². The maximum absolute atomic E-state index is 13.2. The van der Waals surface area contributed by atoms with Crippen molar-refractivity contribution < 1.29 is 27.9 Å². The molecule has 5 rings (SSSR count). The van der Waals surface area contributed by atoms with E-state index >= 15 is 0 Å². The number of amides is 1. The lowest BCUT2D eigenvalue weighted by molar-refractivity contribution is -0.138. The molecule has 1 saturated heterocycles. The van der Waals surface area contributed by atoms with E-state index in [-0.39, 0.29) is 29.6 Å². The molecule has 2 heterocycles. The minimum Gasteiger partial charge on any atom is -0.476 e. The van der Waals surface area contributed by atoms with Crippen LogP contribution in [0.5, 0.6) is 0 Å². The van der Waals surface area contributed by atoms with E-state index in [1.54, 1.807) is 11.0 Å². The zero-order chi connectivity index (χ0) is 22.8.